The summed E-state index contributed by atoms with van der Waals surface area (Å²) in [6.45, 7) is 1.98. The van der Waals surface area contributed by atoms with E-state index in [9.17, 15) is 14.0 Å². The van der Waals surface area contributed by atoms with Crippen LogP contribution in [0.2, 0.25) is 10.0 Å². The fourth-order valence-corrected chi connectivity index (χ4v) is 3.07. The molecule has 0 aliphatic heterocycles. The van der Waals surface area contributed by atoms with E-state index in [0.717, 1.165) is 11.6 Å². The normalized spacial score (nSPS) is 11.0. The zero-order chi connectivity index (χ0) is 24.7. The number of methoxy groups -OCH3 is 1. The van der Waals surface area contributed by atoms with Crippen molar-refractivity contribution >= 4 is 46.4 Å². The fraction of sp³-hybridized carbons (Fsp3) is 0.125. The van der Waals surface area contributed by atoms with Crippen LogP contribution in [0.5, 0.6) is 11.5 Å². The van der Waals surface area contributed by atoms with E-state index in [2.05, 4.69) is 15.8 Å². The number of nitrogens with one attached hydrogen (secondary N) is 2. The van der Waals surface area contributed by atoms with Crippen molar-refractivity contribution in [3.8, 4) is 11.5 Å². The molecule has 0 atom stereocenters. The van der Waals surface area contributed by atoms with Gasteiger partial charge in [-0.2, -0.15) is 5.10 Å². The van der Waals surface area contributed by atoms with Crippen LogP contribution in [-0.4, -0.2) is 24.6 Å². The predicted octanol–water partition coefficient (Wildman–Crippen LogP) is 5.20. The molecular weight excluding hydrogens is 484 g/mol. The predicted molar refractivity (Wildman–Crippen MR) is 129 cm³/mol. The summed E-state index contributed by atoms with van der Waals surface area (Å²) in [6, 6.07) is 16.0. The molecule has 34 heavy (non-hydrogen) atoms. The van der Waals surface area contributed by atoms with Gasteiger partial charge in [-0.1, -0.05) is 35.3 Å². The van der Waals surface area contributed by atoms with Gasteiger partial charge in [0.1, 0.15) is 12.4 Å². The lowest BCUT2D eigenvalue weighted by molar-refractivity contribution is -0.136. The van der Waals surface area contributed by atoms with Crippen molar-refractivity contribution in [3.63, 3.8) is 0 Å². The number of ether oxygens (including phenoxy) is 2. The van der Waals surface area contributed by atoms with Gasteiger partial charge in [0.25, 0.3) is 0 Å². The SMILES string of the molecule is COc1cc(C(C)=NNC(=O)C(=O)Nc2ccc(F)c(Cl)c2)ccc1OCc1ccc(Cl)cc1. The molecular formula is C24H20Cl2FN3O4. The molecule has 0 saturated carbocycles. The third kappa shape index (κ3) is 6.69. The minimum Gasteiger partial charge on any atom is -0.493 e. The highest BCUT2D eigenvalue weighted by Gasteiger charge is 2.15. The van der Waals surface area contributed by atoms with Crippen LogP contribution in [0.25, 0.3) is 0 Å². The van der Waals surface area contributed by atoms with Gasteiger partial charge in [0.2, 0.25) is 0 Å². The highest BCUT2D eigenvalue weighted by Crippen LogP contribution is 2.29. The first kappa shape index (κ1) is 25.0. The Morgan fingerprint density at radius 2 is 1.71 bits per heavy atom. The number of hydrogen-bond acceptors (Lipinski definition) is 5. The van der Waals surface area contributed by atoms with E-state index in [0.29, 0.717) is 34.4 Å². The average Bonchev–Trinajstić information content (AvgIpc) is 2.84. The van der Waals surface area contributed by atoms with Crippen molar-refractivity contribution in [1.29, 1.82) is 0 Å². The summed E-state index contributed by atoms with van der Waals surface area (Å²) in [7, 11) is 1.51. The highest BCUT2D eigenvalue weighted by molar-refractivity contribution is 6.40. The quantitative estimate of drug-likeness (QED) is 0.263. The Labute approximate surface area is 205 Å². The molecule has 2 N–H and O–H groups in total. The minimum absolute atomic E-state index is 0.172. The summed E-state index contributed by atoms with van der Waals surface area (Å²) in [4.78, 5) is 24.1. The molecule has 0 spiro atoms. The molecule has 0 heterocycles. The second kappa shape index (κ2) is 11.5. The van der Waals surface area contributed by atoms with E-state index in [1.165, 1.54) is 19.2 Å². The maximum Gasteiger partial charge on any atom is 0.329 e. The molecule has 0 saturated heterocycles. The molecule has 3 aromatic carbocycles. The molecule has 3 aromatic rings. The maximum atomic E-state index is 13.2. The maximum absolute atomic E-state index is 13.2. The number of anilines is 1. The van der Waals surface area contributed by atoms with E-state index in [4.69, 9.17) is 32.7 Å². The molecule has 0 unspecified atom stereocenters. The lowest BCUT2D eigenvalue weighted by Crippen LogP contribution is -2.32. The van der Waals surface area contributed by atoms with Crippen molar-refractivity contribution in [3.05, 3.63) is 87.7 Å². The number of halogens is 3. The molecule has 0 aliphatic rings. The Morgan fingerprint density at radius 1 is 0.971 bits per heavy atom. The summed E-state index contributed by atoms with van der Waals surface area (Å²) >= 11 is 11.6. The van der Waals surface area contributed by atoms with Gasteiger partial charge in [0.15, 0.2) is 11.5 Å². The van der Waals surface area contributed by atoms with E-state index in [1.54, 1.807) is 37.3 Å². The lowest BCUT2D eigenvalue weighted by Gasteiger charge is -2.12. The molecule has 0 bridgehead atoms. The van der Waals surface area contributed by atoms with Crippen molar-refractivity contribution in [2.75, 3.05) is 12.4 Å². The first-order valence-electron chi connectivity index (χ1n) is 9.93. The number of amides is 2. The average molecular weight is 504 g/mol. The molecule has 3 rings (SSSR count). The molecule has 0 fully saturated rings. The summed E-state index contributed by atoms with van der Waals surface area (Å²) in [5.41, 5.74) is 4.36. The summed E-state index contributed by atoms with van der Waals surface area (Å²) < 4.78 is 24.4. The summed E-state index contributed by atoms with van der Waals surface area (Å²) in [5, 5.41) is 6.74. The molecule has 10 heteroatoms. The summed E-state index contributed by atoms with van der Waals surface area (Å²) in [5.74, 6) is -1.63. The number of rotatable bonds is 7. The summed E-state index contributed by atoms with van der Waals surface area (Å²) in [6.07, 6.45) is 0. The Balaban J connectivity index is 1.62. The van der Waals surface area contributed by atoms with Gasteiger partial charge in [-0.3, -0.25) is 9.59 Å². The fourth-order valence-electron chi connectivity index (χ4n) is 2.77. The molecule has 176 valence electrons. The Hall–Kier alpha value is -3.62. The largest absolute Gasteiger partial charge is 0.493 e. The Kier molecular flexibility index (Phi) is 8.45. The monoisotopic (exact) mass is 503 g/mol. The van der Waals surface area contributed by atoms with E-state index < -0.39 is 17.6 Å². The van der Waals surface area contributed by atoms with E-state index in [1.807, 2.05) is 12.1 Å². The van der Waals surface area contributed by atoms with E-state index >= 15 is 0 Å². The second-order valence-electron chi connectivity index (χ2n) is 7.00. The van der Waals surface area contributed by atoms with Gasteiger partial charge in [-0.15, -0.1) is 0 Å². The lowest BCUT2D eigenvalue weighted by atomic mass is 10.1. The van der Waals surface area contributed by atoms with Gasteiger partial charge in [-0.05, 0) is 61.0 Å². The van der Waals surface area contributed by atoms with Crippen LogP contribution in [0.15, 0.2) is 65.8 Å². The Morgan fingerprint density at radius 3 is 2.38 bits per heavy atom. The topological polar surface area (TPSA) is 89.0 Å². The third-order valence-corrected chi connectivity index (χ3v) is 5.14. The number of benzene rings is 3. The number of hydrazone groups is 1. The van der Waals surface area contributed by atoms with Crippen LogP contribution < -0.4 is 20.2 Å². The number of carbonyl (C=O) groups is 2. The van der Waals surface area contributed by atoms with Gasteiger partial charge in [0.05, 0.1) is 17.8 Å². The molecule has 0 radical (unpaired) electrons. The number of carbonyl (C=O) groups excluding carboxylic acids is 2. The third-order valence-electron chi connectivity index (χ3n) is 4.60. The van der Waals surface area contributed by atoms with Crippen molar-refractivity contribution in [2.24, 2.45) is 5.10 Å². The van der Waals surface area contributed by atoms with Crippen molar-refractivity contribution in [1.82, 2.24) is 5.43 Å². The van der Waals surface area contributed by atoms with Gasteiger partial charge >= 0.3 is 11.8 Å². The van der Waals surface area contributed by atoms with Gasteiger partial charge in [-0.25, -0.2) is 9.82 Å². The Bertz CT molecular complexity index is 1230. The minimum atomic E-state index is -1.00. The first-order chi connectivity index (χ1) is 16.3. The molecule has 0 aliphatic carbocycles. The van der Waals surface area contributed by atoms with Gasteiger partial charge < -0.3 is 14.8 Å². The zero-order valence-electron chi connectivity index (χ0n) is 18.2. The second-order valence-corrected chi connectivity index (χ2v) is 7.85. The van der Waals surface area contributed by atoms with Crippen molar-refractivity contribution in [2.45, 2.75) is 13.5 Å². The van der Waals surface area contributed by atoms with Crippen LogP contribution in [0.1, 0.15) is 18.1 Å². The highest BCUT2D eigenvalue weighted by atomic mass is 35.5. The zero-order valence-corrected chi connectivity index (χ0v) is 19.7. The van der Waals surface area contributed by atoms with Gasteiger partial charge in [0, 0.05) is 16.3 Å². The van der Waals surface area contributed by atoms with Crippen LogP contribution in [0.3, 0.4) is 0 Å². The van der Waals surface area contributed by atoms with E-state index in [-0.39, 0.29) is 10.7 Å². The van der Waals surface area contributed by atoms with Crippen LogP contribution >= 0.6 is 23.2 Å². The number of hydrogen-bond donors (Lipinski definition) is 2. The van der Waals surface area contributed by atoms with Crippen molar-refractivity contribution < 1.29 is 23.5 Å². The molecule has 0 aromatic heterocycles. The number of nitrogens with zero attached hydrogens (tertiary/aromatic N) is 1. The standard InChI is InChI=1S/C24H20Cl2FN3O4/c1-14(29-30-24(32)23(31)28-18-8-9-20(27)19(26)12-18)16-5-10-21(22(11-16)33-2)34-13-15-3-6-17(25)7-4-15/h3-12H,13H2,1-2H3,(H,28,31)(H,30,32). The first-order valence-corrected chi connectivity index (χ1v) is 10.7. The van der Waals surface area contributed by atoms with Crippen LogP contribution in [0, 0.1) is 5.82 Å². The molecule has 7 nitrogen and oxygen atoms in total. The molecule has 2 amide bonds. The van der Waals surface area contributed by atoms with Crippen LogP contribution in [-0.2, 0) is 16.2 Å². The smallest absolute Gasteiger partial charge is 0.329 e. The van der Waals surface area contributed by atoms with Crippen LogP contribution in [0.4, 0.5) is 10.1 Å².